The van der Waals surface area contributed by atoms with Crippen LogP contribution in [0.25, 0.3) is 44.1 Å². The summed E-state index contributed by atoms with van der Waals surface area (Å²) in [7, 11) is 0. The van der Waals surface area contributed by atoms with Crippen molar-refractivity contribution in [2.75, 3.05) is 6.54 Å². The van der Waals surface area contributed by atoms with E-state index in [0.717, 1.165) is 63.8 Å². The first-order valence-electron chi connectivity index (χ1n) is 10.7. The van der Waals surface area contributed by atoms with Crippen molar-refractivity contribution >= 4 is 21.7 Å². The van der Waals surface area contributed by atoms with Crippen molar-refractivity contribution in [3.63, 3.8) is 0 Å². The Balaban J connectivity index is 1.39. The summed E-state index contributed by atoms with van der Waals surface area (Å²) in [4.78, 5) is 23.6. The number of pyridine rings is 1. The Labute approximate surface area is 179 Å². The van der Waals surface area contributed by atoms with Gasteiger partial charge in [0.2, 0.25) is 0 Å². The van der Waals surface area contributed by atoms with E-state index in [9.17, 15) is 4.79 Å². The molecule has 0 spiro atoms. The number of nitrogens with one attached hydrogen (secondary N) is 3. The van der Waals surface area contributed by atoms with Crippen LogP contribution in [0.3, 0.4) is 0 Å². The lowest BCUT2D eigenvalue weighted by Crippen LogP contribution is -2.17. The third-order valence-corrected chi connectivity index (χ3v) is 6.27. The molecule has 0 radical (unpaired) electrons. The Morgan fingerprint density at radius 2 is 1.65 bits per heavy atom. The van der Waals surface area contributed by atoms with Crippen molar-refractivity contribution in [3.8, 4) is 22.4 Å². The summed E-state index contributed by atoms with van der Waals surface area (Å²) in [5.74, 6) is 0. The van der Waals surface area contributed by atoms with Crippen LogP contribution < -0.4 is 10.7 Å². The zero-order chi connectivity index (χ0) is 20.8. The standard InChI is InChI=1S/C26H22N4O/c31-26-13-24(23-2-1-9-28-23)30-22-8-7-19(12-21(22)26)17-3-4-18-11-20(6-5-16(18)10-17)25-14-27-15-29-25/h3-8,10-15,23,28H,1-2,9H2,(H,27,29)(H,30,31). The van der Waals surface area contributed by atoms with Gasteiger partial charge in [0.05, 0.1) is 18.2 Å². The highest BCUT2D eigenvalue weighted by atomic mass is 16.1. The topological polar surface area (TPSA) is 73.6 Å². The molecular weight excluding hydrogens is 384 g/mol. The maximum Gasteiger partial charge on any atom is 0.189 e. The number of imidazole rings is 1. The molecule has 1 atom stereocenters. The Bertz CT molecular complexity index is 1460. The Hall–Kier alpha value is -3.70. The monoisotopic (exact) mass is 406 g/mol. The largest absolute Gasteiger partial charge is 0.357 e. The van der Waals surface area contributed by atoms with Crippen LogP contribution in [0, 0.1) is 0 Å². The average molecular weight is 406 g/mol. The van der Waals surface area contributed by atoms with E-state index in [0.29, 0.717) is 0 Å². The van der Waals surface area contributed by atoms with Crippen molar-refractivity contribution in [1.82, 2.24) is 20.3 Å². The summed E-state index contributed by atoms with van der Waals surface area (Å²) in [5.41, 5.74) is 6.22. The minimum atomic E-state index is 0.0734. The fourth-order valence-electron chi connectivity index (χ4n) is 4.59. The zero-order valence-corrected chi connectivity index (χ0v) is 17.0. The van der Waals surface area contributed by atoms with Crippen LogP contribution in [-0.4, -0.2) is 21.5 Å². The molecular formula is C26H22N4O. The lowest BCUT2D eigenvalue weighted by atomic mass is 9.98. The highest BCUT2D eigenvalue weighted by molar-refractivity contribution is 5.92. The van der Waals surface area contributed by atoms with Gasteiger partial charge in [-0.25, -0.2) is 4.98 Å². The summed E-state index contributed by atoms with van der Waals surface area (Å²) in [6, 6.07) is 20.9. The summed E-state index contributed by atoms with van der Waals surface area (Å²) < 4.78 is 0. The first kappa shape index (κ1) is 18.1. The molecule has 0 aliphatic carbocycles. The summed E-state index contributed by atoms with van der Waals surface area (Å²) in [5, 5.41) is 6.52. The van der Waals surface area contributed by atoms with Gasteiger partial charge in [0.1, 0.15) is 0 Å². The van der Waals surface area contributed by atoms with E-state index in [1.165, 1.54) is 5.39 Å². The third-order valence-electron chi connectivity index (χ3n) is 6.27. The second-order valence-electron chi connectivity index (χ2n) is 8.24. The van der Waals surface area contributed by atoms with Gasteiger partial charge in [-0.05, 0) is 65.6 Å². The molecule has 5 aromatic rings. The normalized spacial score (nSPS) is 16.3. The zero-order valence-electron chi connectivity index (χ0n) is 17.0. The molecule has 5 heteroatoms. The third kappa shape index (κ3) is 3.23. The quantitative estimate of drug-likeness (QED) is 0.387. The van der Waals surface area contributed by atoms with Gasteiger partial charge in [-0.3, -0.25) is 4.79 Å². The van der Waals surface area contributed by atoms with Crippen LogP contribution in [0.1, 0.15) is 24.6 Å². The maximum absolute atomic E-state index is 12.8. The fraction of sp³-hybridized carbons (Fsp3) is 0.154. The molecule has 1 fully saturated rings. The summed E-state index contributed by atoms with van der Waals surface area (Å²) in [6.07, 6.45) is 5.74. The Morgan fingerprint density at radius 1 is 0.871 bits per heavy atom. The molecule has 152 valence electrons. The number of hydrogen-bond donors (Lipinski definition) is 3. The van der Waals surface area contributed by atoms with Gasteiger partial charge in [-0.2, -0.15) is 0 Å². The van der Waals surface area contributed by atoms with E-state index < -0.39 is 0 Å². The number of rotatable bonds is 3. The van der Waals surface area contributed by atoms with Gasteiger partial charge >= 0.3 is 0 Å². The molecule has 2 aromatic heterocycles. The van der Waals surface area contributed by atoms with Crippen LogP contribution in [0.5, 0.6) is 0 Å². The highest BCUT2D eigenvalue weighted by Gasteiger charge is 2.18. The SMILES string of the molecule is O=c1cc(C2CCCN2)[nH]c2ccc(-c3ccc4cc(-c5cnc[nH]5)ccc4c3)cc12. The van der Waals surface area contributed by atoms with E-state index in [2.05, 4.69) is 62.7 Å². The number of H-pyrrole nitrogens is 2. The minimum Gasteiger partial charge on any atom is -0.357 e. The number of hydrogen-bond acceptors (Lipinski definition) is 3. The molecule has 3 heterocycles. The molecule has 1 aliphatic heterocycles. The second kappa shape index (κ2) is 7.22. The van der Waals surface area contributed by atoms with Crippen LogP contribution >= 0.6 is 0 Å². The van der Waals surface area contributed by atoms with Gasteiger partial charge in [0, 0.05) is 34.3 Å². The fourth-order valence-corrected chi connectivity index (χ4v) is 4.59. The van der Waals surface area contributed by atoms with Crippen molar-refractivity contribution in [1.29, 1.82) is 0 Å². The van der Waals surface area contributed by atoms with E-state index in [-0.39, 0.29) is 11.5 Å². The van der Waals surface area contributed by atoms with E-state index in [1.54, 1.807) is 12.4 Å². The van der Waals surface area contributed by atoms with Crippen LogP contribution in [0.4, 0.5) is 0 Å². The summed E-state index contributed by atoms with van der Waals surface area (Å²) >= 11 is 0. The number of aromatic amines is 2. The second-order valence-corrected chi connectivity index (χ2v) is 8.24. The van der Waals surface area contributed by atoms with Gasteiger partial charge in [-0.1, -0.05) is 30.3 Å². The molecule has 1 aliphatic rings. The molecule has 0 bridgehead atoms. The van der Waals surface area contributed by atoms with Gasteiger partial charge in [0.15, 0.2) is 5.43 Å². The molecule has 6 rings (SSSR count). The smallest absolute Gasteiger partial charge is 0.189 e. The van der Waals surface area contributed by atoms with Crippen LogP contribution in [0.15, 0.2) is 78.0 Å². The minimum absolute atomic E-state index is 0.0734. The molecule has 31 heavy (non-hydrogen) atoms. The molecule has 5 nitrogen and oxygen atoms in total. The molecule has 0 amide bonds. The average Bonchev–Trinajstić information content (AvgIpc) is 3.53. The predicted molar refractivity (Wildman–Crippen MR) is 125 cm³/mol. The predicted octanol–water partition coefficient (Wildman–Crippen LogP) is 5.16. The van der Waals surface area contributed by atoms with Gasteiger partial charge in [-0.15, -0.1) is 0 Å². The lowest BCUT2D eigenvalue weighted by molar-refractivity contribution is 0.630. The first-order chi connectivity index (χ1) is 15.2. The van der Waals surface area contributed by atoms with E-state index in [4.69, 9.17) is 0 Å². The van der Waals surface area contributed by atoms with Crippen LogP contribution in [0.2, 0.25) is 0 Å². The van der Waals surface area contributed by atoms with Crippen molar-refractivity contribution < 1.29 is 0 Å². The lowest BCUT2D eigenvalue weighted by Gasteiger charge is -2.12. The number of aromatic nitrogens is 3. The van der Waals surface area contributed by atoms with Crippen molar-refractivity contribution in [2.24, 2.45) is 0 Å². The van der Waals surface area contributed by atoms with Gasteiger partial charge in [0.25, 0.3) is 0 Å². The number of nitrogens with zero attached hydrogens (tertiary/aromatic N) is 1. The number of benzene rings is 3. The van der Waals surface area contributed by atoms with Crippen molar-refractivity contribution in [2.45, 2.75) is 18.9 Å². The Kier molecular flexibility index (Phi) is 4.21. The Morgan fingerprint density at radius 3 is 2.42 bits per heavy atom. The maximum atomic E-state index is 12.8. The molecule has 0 saturated carbocycles. The number of fused-ring (bicyclic) bond motifs is 2. The molecule has 1 unspecified atom stereocenters. The highest BCUT2D eigenvalue weighted by Crippen LogP contribution is 2.29. The van der Waals surface area contributed by atoms with Crippen molar-refractivity contribution in [3.05, 3.63) is 89.1 Å². The molecule has 3 N–H and O–H groups in total. The van der Waals surface area contributed by atoms with E-state index in [1.807, 2.05) is 18.3 Å². The molecule has 1 saturated heterocycles. The molecule has 3 aromatic carbocycles. The first-order valence-corrected chi connectivity index (χ1v) is 10.7. The van der Waals surface area contributed by atoms with E-state index >= 15 is 0 Å². The summed E-state index contributed by atoms with van der Waals surface area (Å²) in [6.45, 7) is 1.01. The van der Waals surface area contributed by atoms with Gasteiger partial charge < -0.3 is 15.3 Å². The van der Waals surface area contributed by atoms with Crippen LogP contribution in [-0.2, 0) is 0 Å².